The number of hydrogen-bond acceptors (Lipinski definition) is 4. The van der Waals surface area contributed by atoms with Gasteiger partial charge in [0.05, 0.1) is 6.10 Å². The van der Waals surface area contributed by atoms with E-state index in [2.05, 4.69) is 17.4 Å². The fourth-order valence-corrected chi connectivity index (χ4v) is 2.54. The first-order valence-corrected chi connectivity index (χ1v) is 7.13. The molecular formula is C15H21NO3. The van der Waals surface area contributed by atoms with E-state index in [0.29, 0.717) is 19.3 Å². The quantitative estimate of drug-likeness (QED) is 0.903. The minimum absolute atomic E-state index is 0.381. The van der Waals surface area contributed by atoms with E-state index in [4.69, 9.17) is 14.2 Å². The van der Waals surface area contributed by atoms with Gasteiger partial charge in [-0.3, -0.25) is 0 Å². The summed E-state index contributed by atoms with van der Waals surface area (Å²) < 4.78 is 16.8. The van der Waals surface area contributed by atoms with Crippen molar-refractivity contribution in [3.63, 3.8) is 0 Å². The van der Waals surface area contributed by atoms with E-state index in [-0.39, 0.29) is 0 Å². The molecule has 3 rings (SSSR count). The van der Waals surface area contributed by atoms with Crippen LogP contribution in [0.5, 0.6) is 11.5 Å². The lowest BCUT2D eigenvalue weighted by Gasteiger charge is -2.23. The molecule has 0 aliphatic carbocycles. The zero-order valence-corrected chi connectivity index (χ0v) is 11.2. The van der Waals surface area contributed by atoms with Crippen LogP contribution in [0.15, 0.2) is 18.2 Å². The summed E-state index contributed by atoms with van der Waals surface area (Å²) in [7, 11) is 0. The van der Waals surface area contributed by atoms with Crippen molar-refractivity contribution >= 4 is 0 Å². The molecule has 1 saturated heterocycles. The van der Waals surface area contributed by atoms with Crippen molar-refractivity contribution in [1.82, 2.24) is 5.32 Å². The minimum Gasteiger partial charge on any atom is -0.486 e. The molecule has 4 heteroatoms. The highest BCUT2D eigenvalue weighted by molar-refractivity contribution is 5.43. The zero-order chi connectivity index (χ0) is 12.9. The molecule has 19 heavy (non-hydrogen) atoms. The Kier molecular flexibility index (Phi) is 4.20. The molecule has 0 spiro atoms. The van der Waals surface area contributed by atoms with Crippen molar-refractivity contribution in [3.05, 3.63) is 23.8 Å². The molecule has 2 heterocycles. The summed E-state index contributed by atoms with van der Waals surface area (Å²) in [6, 6.07) is 6.13. The van der Waals surface area contributed by atoms with Gasteiger partial charge < -0.3 is 19.5 Å². The van der Waals surface area contributed by atoms with Gasteiger partial charge in [0.25, 0.3) is 0 Å². The maximum absolute atomic E-state index is 5.70. The first-order chi connectivity index (χ1) is 9.42. The summed E-state index contributed by atoms with van der Waals surface area (Å²) >= 11 is 0. The van der Waals surface area contributed by atoms with Crippen molar-refractivity contribution < 1.29 is 14.2 Å². The lowest BCUT2D eigenvalue weighted by atomic mass is 10.1. The summed E-state index contributed by atoms with van der Waals surface area (Å²) in [5, 5.41) is 3.46. The maximum atomic E-state index is 5.70. The summed E-state index contributed by atoms with van der Waals surface area (Å²) in [5.74, 6) is 1.71. The Hall–Kier alpha value is -1.26. The first kappa shape index (κ1) is 12.8. The first-order valence-electron chi connectivity index (χ1n) is 7.13. The zero-order valence-electron chi connectivity index (χ0n) is 11.2. The summed E-state index contributed by atoms with van der Waals surface area (Å²) in [5.41, 5.74) is 1.22. The minimum atomic E-state index is 0.381. The Morgan fingerprint density at radius 3 is 2.79 bits per heavy atom. The number of fused-ring (bicyclic) bond motifs is 1. The number of nitrogens with one attached hydrogen (secondary N) is 1. The molecule has 1 fully saturated rings. The molecule has 1 atom stereocenters. The van der Waals surface area contributed by atoms with Crippen LogP contribution in [0.25, 0.3) is 0 Å². The van der Waals surface area contributed by atoms with Gasteiger partial charge in [-0.25, -0.2) is 0 Å². The van der Waals surface area contributed by atoms with Gasteiger partial charge in [-0.15, -0.1) is 0 Å². The van der Waals surface area contributed by atoms with E-state index in [1.165, 1.54) is 24.8 Å². The monoisotopic (exact) mass is 263 g/mol. The molecule has 0 radical (unpaired) electrons. The van der Waals surface area contributed by atoms with Gasteiger partial charge in [-0.2, -0.15) is 0 Å². The Morgan fingerprint density at radius 2 is 1.95 bits per heavy atom. The average Bonchev–Trinajstić information content (AvgIpc) is 2.48. The highest BCUT2D eigenvalue weighted by atomic mass is 16.6. The molecule has 2 aliphatic heterocycles. The average molecular weight is 263 g/mol. The summed E-state index contributed by atoms with van der Waals surface area (Å²) in [4.78, 5) is 0. The summed E-state index contributed by atoms with van der Waals surface area (Å²) in [6.07, 6.45) is 4.05. The third kappa shape index (κ3) is 3.39. The molecule has 0 saturated carbocycles. The van der Waals surface area contributed by atoms with Crippen LogP contribution in [0, 0.1) is 0 Å². The molecule has 104 valence electrons. The van der Waals surface area contributed by atoms with Crippen LogP contribution in [0.1, 0.15) is 24.8 Å². The molecule has 0 bridgehead atoms. The van der Waals surface area contributed by atoms with Crippen LogP contribution < -0.4 is 14.8 Å². The molecule has 0 amide bonds. The second-order valence-electron chi connectivity index (χ2n) is 5.10. The van der Waals surface area contributed by atoms with Crippen molar-refractivity contribution in [3.8, 4) is 11.5 Å². The molecule has 1 aromatic rings. The lowest BCUT2D eigenvalue weighted by molar-refractivity contribution is 0.0168. The van der Waals surface area contributed by atoms with E-state index in [9.17, 15) is 0 Å². The Labute approximate surface area is 114 Å². The van der Waals surface area contributed by atoms with Crippen molar-refractivity contribution in [2.45, 2.75) is 31.9 Å². The molecule has 1 unspecified atom stereocenters. The normalized spacial score (nSPS) is 22.2. The lowest BCUT2D eigenvalue weighted by Crippen LogP contribution is -2.31. The Bertz CT molecular complexity index is 416. The highest BCUT2D eigenvalue weighted by Gasteiger charge is 2.14. The van der Waals surface area contributed by atoms with Gasteiger partial charge >= 0.3 is 0 Å². The SMILES string of the molecule is c1cc2c(cc1CNCC1CCCCO1)OCCO2. The number of hydrogen-bond donors (Lipinski definition) is 1. The smallest absolute Gasteiger partial charge is 0.161 e. The van der Waals surface area contributed by atoms with Crippen LogP contribution in [-0.2, 0) is 11.3 Å². The number of ether oxygens (including phenoxy) is 3. The fraction of sp³-hybridized carbons (Fsp3) is 0.600. The van der Waals surface area contributed by atoms with Gasteiger partial charge in [0, 0.05) is 19.7 Å². The second kappa shape index (κ2) is 6.26. The largest absolute Gasteiger partial charge is 0.486 e. The van der Waals surface area contributed by atoms with E-state index < -0.39 is 0 Å². The Balaban J connectivity index is 1.49. The second-order valence-corrected chi connectivity index (χ2v) is 5.10. The van der Waals surface area contributed by atoms with Crippen LogP contribution in [0.2, 0.25) is 0 Å². The van der Waals surface area contributed by atoms with E-state index >= 15 is 0 Å². The van der Waals surface area contributed by atoms with Gasteiger partial charge in [-0.1, -0.05) is 6.07 Å². The molecular weight excluding hydrogens is 242 g/mol. The molecule has 4 nitrogen and oxygen atoms in total. The Morgan fingerprint density at radius 1 is 1.05 bits per heavy atom. The predicted molar refractivity (Wildman–Crippen MR) is 72.7 cm³/mol. The van der Waals surface area contributed by atoms with Crippen molar-refractivity contribution in [2.75, 3.05) is 26.4 Å². The topological polar surface area (TPSA) is 39.7 Å². The maximum Gasteiger partial charge on any atom is 0.161 e. The molecule has 2 aliphatic rings. The van der Waals surface area contributed by atoms with Gasteiger partial charge in [-0.05, 0) is 37.0 Å². The fourth-order valence-electron chi connectivity index (χ4n) is 2.54. The molecule has 0 aromatic heterocycles. The van der Waals surface area contributed by atoms with E-state index in [1.807, 2.05) is 6.07 Å². The van der Waals surface area contributed by atoms with Crippen LogP contribution in [-0.4, -0.2) is 32.5 Å². The van der Waals surface area contributed by atoms with Gasteiger partial charge in [0.2, 0.25) is 0 Å². The van der Waals surface area contributed by atoms with Crippen molar-refractivity contribution in [2.24, 2.45) is 0 Å². The number of benzene rings is 1. The van der Waals surface area contributed by atoms with Crippen LogP contribution >= 0.6 is 0 Å². The third-order valence-corrected chi connectivity index (χ3v) is 3.58. The highest BCUT2D eigenvalue weighted by Crippen LogP contribution is 2.30. The van der Waals surface area contributed by atoms with E-state index in [1.54, 1.807) is 0 Å². The van der Waals surface area contributed by atoms with Crippen molar-refractivity contribution in [1.29, 1.82) is 0 Å². The van der Waals surface area contributed by atoms with Crippen LogP contribution in [0.4, 0.5) is 0 Å². The van der Waals surface area contributed by atoms with Gasteiger partial charge in [0.15, 0.2) is 11.5 Å². The molecule has 1 N–H and O–H groups in total. The summed E-state index contributed by atoms with van der Waals surface area (Å²) in [6.45, 7) is 3.96. The number of rotatable bonds is 4. The van der Waals surface area contributed by atoms with Crippen LogP contribution in [0.3, 0.4) is 0 Å². The molecule has 1 aromatic carbocycles. The third-order valence-electron chi connectivity index (χ3n) is 3.58. The van der Waals surface area contributed by atoms with E-state index in [0.717, 1.165) is 31.2 Å². The van der Waals surface area contributed by atoms with Gasteiger partial charge in [0.1, 0.15) is 13.2 Å². The standard InChI is InChI=1S/C15H21NO3/c1-2-6-17-13(3-1)11-16-10-12-4-5-14-15(9-12)19-8-7-18-14/h4-5,9,13,16H,1-3,6-8,10-11H2. The predicted octanol–water partition coefficient (Wildman–Crippen LogP) is 2.12.